The zero-order valence-electron chi connectivity index (χ0n) is 10.7. The Morgan fingerprint density at radius 1 is 1.25 bits per heavy atom. The standard InChI is InChI=1S/C16H11BrFNO/c1-9-7-10(5-6-13(9)18)16(20)11-8-19-14-4-2-3-12(17)15(11)14/h2-8,19H,1H3. The van der Waals surface area contributed by atoms with Crippen molar-refractivity contribution in [3.05, 3.63) is 69.6 Å². The normalized spacial score (nSPS) is 10.9. The first kappa shape index (κ1) is 13.1. The summed E-state index contributed by atoms with van der Waals surface area (Å²) in [6.45, 7) is 1.65. The number of aromatic amines is 1. The summed E-state index contributed by atoms with van der Waals surface area (Å²) in [4.78, 5) is 15.7. The van der Waals surface area contributed by atoms with Crippen molar-refractivity contribution in [1.82, 2.24) is 4.98 Å². The van der Waals surface area contributed by atoms with E-state index in [4.69, 9.17) is 0 Å². The maximum atomic E-state index is 13.3. The van der Waals surface area contributed by atoms with Crippen LogP contribution in [0.2, 0.25) is 0 Å². The Morgan fingerprint density at radius 2 is 2.05 bits per heavy atom. The number of benzene rings is 2. The third-order valence-electron chi connectivity index (χ3n) is 3.32. The highest BCUT2D eigenvalue weighted by Crippen LogP contribution is 2.28. The van der Waals surface area contributed by atoms with Gasteiger partial charge in [0.15, 0.2) is 5.78 Å². The summed E-state index contributed by atoms with van der Waals surface area (Å²) >= 11 is 3.46. The van der Waals surface area contributed by atoms with Crippen LogP contribution in [0.5, 0.6) is 0 Å². The summed E-state index contributed by atoms with van der Waals surface area (Å²) in [5.41, 5.74) is 2.43. The summed E-state index contributed by atoms with van der Waals surface area (Å²) < 4.78 is 14.2. The van der Waals surface area contributed by atoms with E-state index in [1.807, 2.05) is 18.2 Å². The van der Waals surface area contributed by atoms with Gasteiger partial charge in [-0.1, -0.05) is 22.0 Å². The lowest BCUT2D eigenvalue weighted by atomic mass is 10.0. The molecule has 1 aromatic heterocycles. The minimum Gasteiger partial charge on any atom is -0.360 e. The molecule has 0 spiro atoms. The van der Waals surface area contributed by atoms with Gasteiger partial charge >= 0.3 is 0 Å². The molecule has 0 aliphatic heterocycles. The van der Waals surface area contributed by atoms with Gasteiger partial charge in [0.1, 0.15) is 5.82 Å². The largest absolute Gasteiger partial charge is 0.360 e. The predicted octanol–water partition coefficient (Wildman–Crippen LogP) is 4.61. The average molecular weight is 332 g/mol. The topological polar surface area (TPSA) is 32.9 Å². The fourth-order valence-electron chi connectivity index (χ4n) is 2.26. The van der Waals surface area contributed by atoms with Gasteiger partial charge in [-0.25, -0.2) is 4.39 Å². The molecule has 4 heteroatoms. The van der Waals surface area contributed by atoms with Crippen LogP contribution in [0, 0.1) is 12.7 Å². The van der Waals surface area contributed by atoms with Crippen LogP contribution in [-0.4, -0.2) is 10.8 Å². The predicted molar refractivity (Wildman–Crippen MR) is 80.6 cm³/mol. The van der Waals surface area contributed by atoms with Crippen LogP contribution < -0.4 is 0 Å². The van der Waals surface area contributed by atoms with Crippen LogP contribution >= 0.6 is 15.9 Å². The number of carbonyl (C=O) groups is 1. The molecule has 0 saturated carbocycles. The highest BCUT2D eigenvalue weighted by Gasteiger charge is 2.16. The molecular weight excluding hydrogens is 321 g/mol. The molecule has 0 fully saturated rings. The van der Waals surface area contributed by atoms with E-state index in [-0.39, 0.29) is 11.6 Å². The molecule has 0 aliphatic carbocycles. The monoisotopic (exact) mass is 331 g/mol. The SMILES string of the molecule is Cc1cc(C(=O)c2c[nH]c3cccc(Br)c23)ccc1F. The zero-order chi connectivity index (χ0) is 14.3. The third-order valence-corrected chi connectivity index (χ3v) is 3.98. The molecule has 0 bridgehead atoms. The molecule has 3 rings (SSSR count). The Bertz CT molecular complexity index is 822. The highest BCUT2D eigenvalue weighted by atomic mass is 79.9. The van der Waals surface area contributed by atoms with Gasteiger partial charge < -0.3 is 4.98 Å². The Balaban J connectivity index is 2.15. The molecule has 0 saturated heterocycles. The summed E-state index contributed by atoms with van der Waals surface area (Å²) in [5, 5.41) is 0.847. The highest BCUT2D eigenvalue weighted by molar-refractivity contribution is 9.10. The van der Waals surface area contributed by atoms with E-state index >= 15 is 0 Å². The van der Waals surface area contributed by atoms with Gasteiger partial charge in [-0.3, -0.25) is 4.79 Å². The summed E-state index contributed by atoms with van der Waals surface area (Å²) in [7, 11) is 0. The number of fused-ring (bicyclic) bond motifs is 1. The molecule has 2 aromatic carbocycles. The van der Waals surface area contributed by atoms with E-state index in [0.29, 0.717) is 16.7 Å². The van der Waals surface area contributed by atoms with Crippen molar-refractivity contribution >= 4 is 32.6 Å². The molecule has 0 aliphatic rings. The molecule has 0 unspecified atom stereocenters. The zero-order valence-corrected chi connectivity index (χ0v) is 12.3. The first-order valence-electron chi connectivity index (χ1n) is 6.14. The van der Waals surface area contributed by atoms with E-state index in [0.717, 1.165) is 15.4 Å². The van der Waals surface area contributed by atoms with Crippen molar-refractivity contribution < 1.29 is 9.18 Å². The van der Waals surface area contributed by atoms with Gasteiger partial charge in [0, 0.05) is 32.7 Å². The average Bonchev–Trinajstić information content (AvgIpc) is 2.86. The first-order chi connectivity index (χ1) is 9.58. The van der Waals surface area contributed by atoms with Crippen molar-refractivity contribution in [3.63, 3.8) is 0 Å². The second-order valence-electron chi connectivity index (χ2n) is 4.66. The molecule has 20 heavy (non-hydrogen) atoms. The quantitative estimate of drug-likeness (QED) is 0.683. The molecule has 3 aromatic rings. The Morgan fingerprint density at radius 3 is 2.80 bits per heavy atom. The van der Waals surface area contributed by atoms with Gasteiger partial charge in [-0.2, -0.15) is 0 Å². The van der Waals surface area contributed by atoms with Crippen molar-refractivity contribution in [1.29, 1.82) is 0 Å². The summed E-state index contributed by atoms with van der Waals surface area (Å²) in [6.07, 6.45) is 1.69. The van der Waals surface area contributed by atoms with Crippen molar-refractivity contribution in [2.75, 3.05) is 0 Å². The molecule has 0 radical (unpaired) electrons. The van der Waals surface area contributed by atoms with Crippen LogP contribution in [-0.2, 0) is 0 Å². The molecule has 1 heterocycles. The maximum Gasteiger partial charge on any atom is 0.195 e. The number of H-pyrrole nitrogens is 1. The van der Waals surface area contributed by atoms with Gasteiger partial charge in [0.2, 0.25) is 0 Å². The lowest BCUT2D eigenvalue weighted by Crippen LogP contribution is -2.01. The number of ketones is 1. The second-order valence-corrected chi connectivity index (χ2v) is 5.51. The van der Waals surface area contributed by atoms with Gasteiger partial charge in [0.25, 0.3) is 0 Å². The molecule has 1 N–H and O–H groups in total. The number of aromatic nitrogens is 1. The van der Waals surface area contributed by atoms with Crippen molar-refractivity contribution in [2.45, 2.75) is 6.92 Å². The number of halogens is 2. The van der Waals surface area contributed by atoms with E-state index in [9.17, 15) is 9.18 Å². The van der Waals surface area contributed by atoms with E-state index < -0.39 is 0 Å². The molecule has 100 valence electrons. The fraction of sp³-hybridized carbons (Fsp3) is 0.0625. The van der Waals surface area contributed by atoms with Gasteiger partial charge in [0.05, 0.1) is 0 Å². The van der Waals surface area contributed by atoms with E-state index in [1.54, 1.807) is 19.2 Å². The third kappa shape index (κ3) is 2.06. The number of carbonyl (C=O) groups excluding carboxylic acids is 1. The molecule has 2 nitrogen and oxygen atoms in total. The summed E-state index contributed by atoms with van der Waals surface area (Å²) in [6, 6.07) is 10.1. The fourth-order valence-corrected chi connectivity index (χ4v) is 2.84. The Labute approximate surface area is 123 Å². The lowest BCUT2D eigenvalue weighted by Gasteiger charge is -2.03. The van der Waals surface area contributed by atoms with Crippen LogP contribution in [0.15, 0.2) is 47.1 Å². The van der Waals surface area contributed by atoms with E-state index in [1.165, 1.54) is 12.1 Å². The maximum absolute atomic E-state index is 13.3. The number of hydrogen-bond acceptors (Lipinski definition) is 1. The summed E-state index contributed by atoms with van der Waals surface area (Å²) in [5.74, 6) is -0.423. The van der Waals surface area contributed by atoms with Crippen molar-refractivity contribution in [3.8, 4) is 0 Å². The molecule has 0 atom stereocenters. The van der Waals surface area contributed by atoms with Crippen LogP contribution in [0.3, 0.4) is 0 Å². The minimum absolute atomic E-state index is 0.119. The Kier molecular flexibility index (Phi) is 3.18. The second kappa shape index (κ2) is 4.87. The number of nitrogens with one attached hydrogen (secondary N) is 1. The van der Waals surface area contributed by atoms with E-state index in [2.05, 4.69) is 20.9 Å². The number of aryl methyl sites for hydroxylation is 1. The van der Waals surface area contributed by atoms with Gasteiger partial charge in [-0.15, -0.1) is 0 Å². The smallest absolute Gasteiger partial charge is 0.195 e. The molecular formula is C16H11BrFNO. The minimum atomic E-state index is -0.304. The van der Waals surface area contributed by atoms with Crippen molar-refractivity contribution in [2.24, 2.45) is 0 Å². The lowest BCUT2D eigenvalue weighted by molar-refractivity contribution is 0.104. The number of rotatable bonds is 2. The van der Waals surface area contributed by atoms with Crippen LogP contribution in [0.4, 0.5) is 4.39 Å². The van der Waals surface area contributed by atoms with Crippen LogP contribution in [0.1, 0.15) is 21.5 Å². The molecule has 0 amide bonds. The number of hydrogen-bond donors (Lipinski definition) is 1. The first-order valence-corrected chi connectivity index (χ1v) is 6.93. The van der Waals surface area contributed by atoms with Gasteiger partial charge in [-0.05, 0) is 42.8 Å². The van der Waals surface area contributed by atoms with Crippen LogP contribution in [0.25, 0.3) is 10.9 Å². The Hall–Kier alpha value is -1.94.